The number of benzene rings is 2. The smallest absolute Gasteiger partial charge is 0.137 e. The highest BCUT2D eigenvalue weighted by molar-refractivity contribution is 6.31. The molecule has 0 saturated heterocycles. The lowest BCUT2D eigenvalue weighted by Gasteiger charge is -2.09. The molecular weight excluding hydrogens is 258 g/mol. The standard InChI is InChI=1S/C16H14ClNO/c17-15-9-5-4-8-13(15)10-14-11-16(18-19-14)12-6-2-1-3-7-12/h1-9,14H,10-11H2. The lowest BCUT2D eigenvalue weighted by Crippen LogP contribution is -2.12. The predicted octanol–water partition coefficient (Wildman–Crippen LogP) is 4.08. The summed E-state index contributed by atoms with van der Waals surface area (Å²) in [5.74, 6) is 0. The quantitative estimate of drug-likeness (QED) is 0.824. The number of oxime groups is 1. The molecule has 1 heterocycles. The fourth-order valence-electron chi connectivity index (χ4n) is 2.25. The minimum atomic E-state index is 0.0788. The van der Waals surface area contributed by atoms with Crippen molar-refractivity contribution in [1.29, 1.82) is 0 Å². The first-order valence-electron chi connectivity index (χ1n) is 6.34. The lowest BCUT2D eigenvalue weighted by atomic mass is 10.0. The molecule has 0 N–H and O–H groups in total. The number of nitrogens with zero attached hydrogens (tertiary/aromatic N) is 1. The lowest BCUT2D eigenvalue weighted by molar-refractivity contribution is 0.0859. The number of rotatable bonds is 3. The highest BCUT2D eigenvalue weighted by Gasteiger charge is 2.22. The van der Waals surface area contributed by atoms with Crippen molar-refractivity contribution in [2.75, 3.05) is 0 Å². The highest BCUT2D eigenvalue weighted by atomic mass is 35.5. The van der Waals surface area contributed by atoms with Crippen LogP contribution in [0.25, 0.3) is 0 Å². The first-order valence-corrected chi connectivity index (χ1v) is 6.72. The largest absolute Gasteiger partial charge is 0.391 e. The maximum Gasteiger partial charge on any atom is 0.137 e. The minimum absolute atomic E-state index is 0.0788. The zero-order valence-electron chi connectivity index (χ0n) is 10.4. The summed E-state index contributed by atoms with van der Waals surface area (Å²) in [6, 6.07) is 18.0. The average molecular weight is 272 g/mol. The summed E-state index contributed by atoms with van der Waals surface area (Å²) >= 11 is 6.16. The van der Waals surface area contributed by atoms with E-state index < -0.39 is 0 Å². The van der Waals surface area contributed by atoms with Crippen molar-refractivity contribution in [2.45, 2.75) is 18.9 Å². The van der Waals surface area contributed by atoms with E-state index in [0.29, 0.717) is 0 Å². The molecule has 3 rings (SSSR count). The third kappa shape index (κ3) is 2.79. The van der Waals surface area contributed by atoms with Crippen LogP contribution in [-0.2, 0) is 11.3 Å². The van der Waals surface area contributed by atoms with Gasteiger partial charge in [-0.25, -0.2) is 0 Å². The summed E-state index contributed by atoms with van der Waals surface area (Å²) in [5.41, 5.74) is 3.25. The van der Waals surface area contributed by atoms with Crippen LogP contribution in [-0.4, -0.2) is 11.8 Å². The molecule has 1 aliphatic heterocycles. The molecular formula is C16H14ClNO. The SMILES string of the molecule is Clc1ccccc1CC1CC(c2ccccc2)=NO1. The molecule has 0 amide bonds. The van der Waals surface area contributed by atoms with Crippen molar-refractivity contribution in [1.82, 2.24) is 0 Å². The van der Waals surface area contributed by atoms with Gasteiger partial charge in [0, 0.05) is 17.9 Å². The van der Waals surface area contributed by atoms with Gasteiger partial charge in [0.15, 0.2) is 0 Å². The van der Waals surface area contributed by atoms with Crippen molar-refractivity contribution < 1.29 is 4.84 Å². The Morgan fingerprint density at radius 1 is 1.05 bits per heavy atom. The van der Waals surface area contributed by atoms with Crippen molar-refractivity contribution in [3.63, 3.8) is 0 Å². The van der Waals surface area contributed by atoms with Crippen LogP contribution in [0.2, 0.25) is 5.02 Å². The van der Waals surface area contributed by atoms with Crippen LogP contribution in [0.1, 0.15) is 17.5 Å². The molecule has 2 nitrogen and oxygen atoms in total. The van der Waals surface area contributed by atoms with E-state index in [2.05, 4.69) is 17.3 Å². The van der Waals surface area contributed by atoms with E-state index in [9.17, 15) is 0 Å². The van der Waals surface area contributed by atoms with Crippen LogP contribution >= 0.6 is 11.6 Å². The van der Waals surface area contributed by atoms with Gasteiger partial charge >= 0.3 is 0 Å². The van der Waals surface area contributed by atoms with Crippen LogP contribution in [0.5, 0.6) is 0 Å². The molecule has 0 bridgehead atoms. The molecule has 0 aliphatic carbocycles. The Labute approximate surface area is 117 Å². The average Bonchev–Trinajstić information content (AvgIpc) is 2.91. The van der Waals surface area contributed by atoms with Gasteiger partial charge in [-0.05, 0) is 17.2 Å². The van der Waals surface area contributed by atoms with Gasteiger partial charge in [-0.2, -0.15) is 0 Å². The minimum Gasteiger partial charge on any atom is -0.391 e. The molecule has 1 atom stereocenters. The molecule has 2 aromatic carbocycles. The highest BCUT2D eigenvalue weighted by Crippen LogP contribution is 2.23. The van der Waals surface area contributed by atoms with Crippen LogP contribution in [0.15, 0.2) is 59.8 Å². The zero-order chi connectivity index (χ0) is 13.1. The summed E-state index contributed by atoms with van der Waals surface area (Å²) in [6.07, 6.45) is 1.70. The van der Waals surface area contributed by atoms with Gasteiger partial charge in [0.2, 0.25) is 0 Å². The Kier molecular flexibility index (Phi) is 3.51. The Morgan fingerprint density at radius 2 is 1.79 bits per heavy atom. The van der Waals surface area contributed by atoms with Gasteiger partial charge in [0.25, 0.3) is 0 Å². The molecule has 0 radical (unpaired) electrons. The Hall–Kier alpha value is -1.80. The molecule has 1 unspecified atom stereocenters. The third-order valence-corrected chi connectivity index (χ3v) is 3.61. The Balaban J connectivity index is 1.67. The van der Waals surface area contributed by atoms with Gasteiger partial charge in [-0.15, -0.1) is 0 Å². The van der Waals surface area contributed by atoms with E-state index >= 15 is 0 Å². The maximum atomic E-state index is 6.16. The number of halogens is 1. The fraction of sp³-hybridized carbons (Fsp3) is 0.188. The topological polar surface area (TPSA) is 21.6 Å². The first-order chi connectivity index (χ1) is 9.33. The molecule has 0 aromatic heterocycles. The van der Waals surface area contributed by atoms with Gasteiger partial charge < -0.3 is 4.84 Å². The summed E-state index contributed by atoms with van der Waals surface area (Å²) in [6.45, 7) is 0. The first kappa shape index (κ1) is 12.2. The van der Waals surface area contributed by atoms with E-state index in [1.54, 1.807) is 0 Å². The molecule has 2 aromatic rings. The molecule has 3 heteroatoms. The van der Waals surface area contributed by atoms with Crippen molar-refractivity contribution in [2.24, 2.45) is 5.16 Å². The molecule has 0 fully saturated rings. The monoisotopic (exact) mass is 271 g/mol. The van der Waals surface area contributed by atoms with E-state index in [4.69, 9.17) is 16.4 Å². The van der Waals surface area contributed by atoms with Crippen LogP contribution in [0.4, 0.5) is 0 Å². The van der Waals surface area contributed by atoms with Crippen molar-refractivity contribution in [3.05, 3.63) is 70.7 Å². The van der Waals surface area contributed by atoms with Crippen molar-refractivity contribution in [3.8, 4) is 0 Å². The number of hydrogen-bond acceptors (Lipinski definition) is 2. The van der Waals surface area contributed by atoms with Gasteiger partial charge in [-0.1, -0.05) is 65.3 Å². The predicted molar refractivity (Wildman–Crippen MR) is 77.6 cm³/mol. The van der Waals surface area contributed by atoms with Crippen LogP contribution in [0, 0.1) is 0 Å². The molecule has 19 heavy (non-hydrogen) atoms. The van der Waals surface area contributed by atoms with E-state index in [1.807, 2.05) is 42.5 Å². The van der Waals surface area contributed by atoms with Gasteiger partial charge in [0.05, 0.1) is 5.71 Å². The Bertz CT molecular complexity index is 595. The van der Waals surface area contributed by atoms with Crippen LogP contribution < -0.4 is 0 Å². The number of hydrogen-bond donors (Lipinski definition) is 0. The zero-order valence-corrected chi connectivity index (χ0v) is 11.2. The van der Waals surface area contributed by atoms with E-state index in [0.717, 1.165) is 34.7 Å². The maximum absolute atomic E-state index is 6.16. The van der Waals surface area contributed by atoms with E-state index in [-0.39, 0.29) is 6.10 Å². The third-order valence-electron chi connectivity index (χ3n) is 3.25. The molecule has 0 saturated carbocycles. The second kappa shape index (κ2) is 5.45. The summed E-state index contributed by atoms with van der Waals surface area (Å²) in [7, 11) is 0. The van der Waals surface area contributed by atoms with E-state index in [1.165, 1.54) is 0 Å². The summed E-state index contributed by atoms with van der Waals surface area (Å²) in [4.78, 5) is 5.51. The summed E-state index contributed by atoms with van der Waals surface area (Å²) in [5, 5.41) is 4.98. The normalized spacial score (nSPS) is 17.9. The van der Waals surface area contributed by atoms with Crippen molar-refractivity contribution >= 4 is 17.3 Å². The Morgan fingerprint density at radius 3 is 2.58 bits per heavy atom. The van der Waals surface area contributed by atoms with Gasteiger partial charge in [0.1, 0.15) is 6.10 Å². The molecule has 1 aliphatic rings. The second-order valence-electron chi connectivity index (χ2n) is 4.63. The van der Waals surface area contributed by atoms with Crippen LogP contribution in [0.3, 0.4) is 0 Å². The fourth-order valence-corrected chi connectivity index (χ4v) is 2.46. The summed E-state index contributed by atoms with van der Waals surface area (Å²) < 4.78 is 0. The second-order valence-corrected chi connectivity index (χ2v) is 5.04. The molecule has 96 valence electrons. The molecule has 0 spiro atoms. The van der Waals surface area contributed by atoms with Gasteiger partial charge in [-0.3, -0.25) is 0 Å².